The molecule has 2 bridgehead atoms. The summed E-state index contributed by atoms with van der Waals surface area (Å²) in [5.41, 5.74) is 1.71. The first kappa shape index (κ1) is 18.6. The molecule has 5 rings (SSSR count). The number of methoxy groups -OCH3 is 1. The van der Waals surface area contributed by atoms with Crippen molar-refractivity contribution in [3.8, 4) is 0 Å². The molecule has 0 saturated carbocycles. The molecule has 2 saturated heterocycles. The Morgan fingerprint density at radius 1 is 1.17 bits per heavy atom. The second kappa shape index (κ2) is 7.46. The number of amides is 2. The highest BCUT2D eigenvalue weighted by molar-refractivity contribution is 7.20. The van der Waals surface area contributed by atoms with Gasteiger partial charge >= 0.3 is 12.0 Å². The van der Waals surface area contributed by atoms with E-state index < -0.39 is 0 Å². The van der Waals surface area contributed by atoms with Crippen LogP contribution in [0.5, 0.6) is 0 Å². The summed E-state index contributed by atoms with van der Waals surface area (Å²) >= 11 is 1.71. The van der Waals surface area contributed by atoms with Crippen LogP contribution in [0.2, 0.25) is 0 Å². The summed E-state index contributed by atoms with van der Waals surface area (Å²) in [6.07, 6.45) is 2.42. The maximum Gasteiger partial charge on any atom is 0.336 e. The summed E-state index contributed by atoms with van der Waals surface area (Å²) in [5, 5.41) is 1.18. The SMILES string of the molecule is COC(=O)C1=C(c2cc3ccccc3s2)C[C@@H]2CC[C@H]1N2C(=O)N1CCOCC1. The van der Waals surface area contributed by atoms with Gasteiger partial charge in [0.05, 0.1) is 31.9 Å². The third kappa shape index (κ3) is 3.13. The minimum Gasteiger partial charge on any atom is -0.466 e. The Morgan fingerprint density at radius 2 is 1.97 bits per heavy atom. The van der Waals surface area contributed by atoms with Crippen LogP contribution in [-0.2, 0) is 14.3 Å². The molecule has 0 radical (unpaired) electrons. The molecule has 3 aliphatic heterocycles. The normalized spacial score (nSPS) is 24.3. The third-order valence-electron chi connectivity index (χ3n) is 6.23. The molecule has 0 unspecified atom stereocenters. The van der Waals surface area contributed by atoms with E-state index in [2.05, 4.69) is 18.2 Å². The summed E-state index contributed by atoms with van der Waals surface area (Å²) in [6.45, 7) is 2.35. The van der Waals surface area contributed by atoms with Gasteiger partial charge in [0.1, 0.15) is 0 Å². The Bertz CT molecular complexity index is 959. The minimum absolute atomic E-state index is 0.0255. The predicted octanol–water partition coefficient (Wildman–Crippen LogP) is 3.52. The van der Waals surface area contributed by atoms with Crippen molar-refractivity contribution in [2.24, 2.45) is 0 Å². The highest BCUT2D eigenvalue weighted by Crippen LogP contribution is 2.46. The topological polar surface area (TPSA) is 59.1 Å². The van der Waals surface area contributed by atoms with Crippen LogP contribution in [0.25, 0.3) is 15.7 Å². The molecular formula is C22H24N2O4S. The van der Waals surface area contributed by atoms with E-state index in [4.69, 9.17) is 9.47 Å². The summed E-state index contributed by atoms with van der Waals surface area (Å²) in [4.78, 5) is 31.0. The van der Waals surface area contributed by atoms with Crippen LogP contribution in [-0.4, -0.2) is 67.3 Å². The molecule has 4 heterocycles. The van der Waals surface area contributed by atoms with Gasteiger partial charge in [-0.05, 0) is 42.4 Å². The van der Waals surface area contributed by atoms with Gasteiger partial charge in [0.15, 0.2) is 0 Å². The minimum atomic E-state index is -0.317. The number of morpholine rings is 1. The quantitative estimate of drug-likeness (QED) is 0.709. The number of hydrogen-bond donors (Lipinski definition) is 0. The average molecular weight is 413 g/mol. The van der Waals surface area contributed by atoms with E-state index in [0.717, 1.165) is 23.3 Å². The summed E-state index contributed by atoms with van der Waals surface area (Å²) in [6, 6.07) is 10.4. The Morgan fingerprint density at radius 3 is 2.72 bits per heavy atom. The maximum absolute atomic E-state index is 13.3. The van der Waals surface area contributed by atoms with Gasteiger partial charge in [-0.15, -0.1) is 11.3 Å². The molecule has 2 amide bonds. The Hall–Kier alpha value is -2.38. The number of carbonyl (C=O) groups is 2. The van der Waals surface area contributed by atoms with Crippen molar-refractivity contribution in [2.45, 2.75) is 31.3 Å². The third-order valence-corrected chi connectivity index (χ3v) is 7.41. The van der Waals surface area contributed by atoms with Gasteiger partial charge in [-0.25, -0.2) is 9.59 Å². The van der Waals surface area contributed by atoms with Crippen LogP contribution in [0.3, 0.4) is 0 Å². The average Bonchev–Trinajstić information content (AvgIpc) is 3.33. The highest BCUT2D eigenvalue weighted by atomic mass is 32.1. The van der Waals surface area contributed by atoms with Gasteiger partial charge in [0.2, 0.25) is 0 Å². The molecular weight excluding hydrogens is 388 g/mol. The van der Waals surface area contributed by atoms with E-state index in [1.54, 1.807) is 11.3 Å². The second-order valence-electron chi connectivity index (χ2n) is 7.77. The highest BCUT2D eigenvalue weighted by Gasteiger charge is 2.48. The van der Waals surface area contributed by atoms with Crippen molar-refractivity contribution in [3.05, 3.63) is 40.8 Å². The lowest BCUT2D eigenvalue weighted by atomic mass is 9.92. The van der Waals surface area contributed by atoms with Crippen LogP contribution >= 0.6 is 11.3 Å². The van der Waals surface area contributed by atoms with Gasteiger partial charge < -0.3 is 19.3 Å². The van der Waals surface area contributed by atoms with Crippen LogP contribution in [0.4, 0.5) is 4.79 Å². The summed E-state index contributed by atoms with van der Waals surface area (Å²) in [7, 11) is 1.42. The van der Waals surface area contributed by atoms with Gasteiger partial charge in [-0.3, -0.25) is 0 Å². The number of rotatable bonds is 2. The molecule has 2 atom stereocenters. The van der Waals surface area contributed by atoms with E-state index >= 15 is 0 Å². The van der Waals surface area contributed by atoms with Gasteiger partial charge in [0, 0.05) is 28.7 Å². The molecule has 2 fully saturated rings. The number of hydrogen-bond acceptors (Lipinski definition) is 5. The van der Waals surface area contributed by atoms with Gasteiger partial charge in [-0.1, -0.05) is 18.2 Å². The second-order valence-corrected chi connectivity index (χ2v) is 8.86. The number of ether oxygens (including phenoxy) is 2. The standard InChI is InChI=1S/C22H24N2O4S/c1-27-21(25)20-16(19-12-14-4-2-3-5-18(14)29-19)13-15-6-7-17(20)24(15)22(26)23-8-10-28-11-9-23/h2-5,12,15,17H,6-11,13H2,1H3/t15-,17+/m0/s1. The zero-order chi connectivity index (χ0) is 20.0. The van der Waals surface area contributed by atoms with Crippen molar-refractivity contribution in [1.82, 2.24) is 9.80 Å². The summed E-state index contributed by atoms with van der Waals surface area (Å²) < 4.78 is 11.8. The lowest BCUT2D eigenvalue weighted by molar-refractivity contribution is -0.136. The fourth-order valence-corrected chi connectivity index (χ4v) is 5.98. The zero-order valence-electron chi connectivity index (χ0n) is 16.4. The molecule has 1 aromatic carbocycles. The fraction of sp³-hybridized carbons (Fsp3) is 0.455. The number of nitrogens with zero attached hydrogens (tertiary/aromatic N) is 2. The first-order valence-corrected chi connectivity index (χ1v) is 10.9. The molecule has 0 N–H and O–H groups in total. The number of benzene rings is 1. The van der Waals surface area contributed by atoms with Crippen LogP contribution in [0.1, 0.15) is 24.1 Å². The Kier molecular flexibility index (Phi) is 4.80. The van der Waals surface area contributed by atoms with Gasteiger partial charge in [0.25, 0.3) is 0 Å². The van der Waals surface area contributed by atoms with Crippen molar-refractivity contribution >= 4 is 39.0 Å². The molecule has 0 aliphatic carbocycles. The number of carbonyl (C=O) groups excluding carboxylic acids is 2. The molecule has 7 heteroatoms. The van der Waals surface area contributed by atoms with Crippen LogP contribution < -0.4 is 0 Å². The molecule has 152 valence electrons. The Balaban J connectivity index is 1.55. The van der Waals surface area contributed by atoms with Crippen LogP contribution in [0, 0.1) is 0 Å². The zero-order valence-corrected chi connectivity index (χ0v) is 17.2. The smallest absolute Gasteiger partial charge is 0.336 e. The number of fused-ring (bicyclic) bond motifs is 3. The first-order chi connectivity index (χ1) is 14.2. The van der Waals surface area contributed by atoms with E-state index in [-0.39, 0.29) is 24.1 Å². The Labute approximate surface area is 173 Å². The maximum atomic E-state index is 13.3. The van der Waals surface area contributed by atoms with Crippen LogP contribution in [0.15, 0.2) is 35.9 Å². The molecule has 2 aromatic rings. The van der Waals surface area contributed by atoms with Crippen molar-refractivity contribution in [2.75, 3.05) is 33.4 Å². The molecule has 3 aliphatic rings. The van der Waals surface area contributed by atoms with E-state index in [0.29, 0.717) is 38.3 Å². The number of urea groups is 1. The van der Waals surface area contributed by atoms with Crippen molar-refractivity contribution in [1.29, 1.82) is 0 Å². The monoisotopic (exact) mass is 412 g/mol. The molecule has 1 aromatic heterocycles. The van der Waals surface area contributed by atoms with E-state index in [9.17, 15) is 9.59 Å². The van der Waals surface area contributed by atoms with E-state index in [1.807, 2.05) is 21.9 Å². The fourth-order valence-electron chi connectivity index (χ4n) is 4.85. The first-order valence-electron chi connectivity index (χ1n) is 10.1. The predicted molar refractivity (Wildman–Crippen MR) is 112 cm³/mol. The number of esters is 1. The molecule has 0 spiro atoms. The van der Waals surface area contributed by atoms with Crippen molar-refractivity contribution in [3.63, 3.8) is 0 Å². The molecule has 29 heavy (non-hydrogen) atoms. The van der Waals surface area contributed by atoms with Gasteiger partial charge in [-0.2, -0.15) is 0 Å². The lowest BCUT2D eigenvalue weighted by Gasteiger charge is -2.40. The van der Waals surface area contributed by atoms with Crippen molar-refractivity contribution < 1.29 is 19.1 Å². The van der Waals surface area contributed by atoms with E-state index in [1.165, 1.54) is 17.2 Å². The largest absolute Gasteiger partial charge is 0.466 e. The molecule has 6 nitrogen and oxygen atoms in total. The lowest BCUT2D eigenvalue weighted by Crippen LogP contribution is -2.54. The number of thiophene rings is 1. The summed E-state index contributed by atoms with van der Waals surface area (Å²) in [5.74, 6) is -0.317.